The summed E-state index contributed by atoms with van der Waals surface area (Å²) in [5.74, 6) is 1.22. The van der Waals surface area contributed by atoms with Crippen LogP contribution in [0.3, 0.4) is 0 Å². The molecule has 4 nitrogen and oxygen atoms in total. The van der Waals surface area contributed by atoms with Gasteiger partial charge >= 0.3 is 0 Å². The van der Waals surface area contributed by atoms with Gasteiger partial charge in [-0.25, -0.2) is 13.8 Å². The van der Waals surface area contributed by atoms with E-state index in [1.54, 1.807) is 18.2 Å². The standard InChI is InChI=1S/C19H24F2N2O2/c1-25-13-9-10-15-16(11-13)23-19(24)18(22-15)17(21)14(20)8-4-7-12-5-2-3-6-12/h9-12,14,17H,2-8H2,1H3,(H,23,24). The van der Waals surface area contributed by atoms with Gasteiger partial charge in [-0.3, -0.25) is 4.79 Å². The normalized spacial score (nSPS) is 17.7. The quantitative estimate of drug-likeness (QED) is 0.791. The highest BCUT2D eigenvalue weighted by atomic mass is 19.2. The van der Waals surface area contributed by atoms with Gasteiger partial charge in [-0.1, -0.05) is 38.5 Å². The molecule has 25 heavy (non-hydrogen) atoms. The van der Waals surface area contributed by atoms with Gasteiger partial charge in [0.05, 0.1) is 18.1 Å². The Bertz CT molecular complexity index is 772. The molecule has 136 valence electrons. The number of aromatic nitrogens is 2. The molecule has 1 aliphatic carbocycles. The average molecular weight is 350 g/mol. The first-order valence-corrected chi connectivity index (χ1v) is 8.94. The molecule has 2 unspecified atom stereocenters. The van der Waals surface area contributed by atoms with E-state index in [1.807, 2.05) is 0 Å². The summed E-state index contributed by atoms with van der Waals surface area (Å²) in [4.78, 5) is 18.7. The van der Waals surface area contributed by atoms with Crippen LogP contribution in [0.2, 0.25) is 0 Å². The van der Waals surface area contributed by atoms with Crippen molar-refractivity contribution in [3.8, 4) is 5.75 Å². The first kappa shape index (κ1) is 17.8. The van der Waals surface area contributed by atoms with Crippen LogP contribution < -0.4 is 10.3 Å². The maximum atomic E-state index is 14.5. The summed E-state index contributed by atoms with van der Waals surface area (Å²) in [6.07, 6.45) is 2.90. The first-order chi connectivity index (χ1) is 12.1. The molecule has 1 N–H and O–H groups in total. The number of hydrogen-bond acceptors (Lipinski definition) is 3. The van der Waals surface area contributed by atoms with Crippen molar-refractivity contribution in [1.82, 2.24) is 9.97 Å². The van der Waals surface area contributed by atoms with E-state index in [4.69, 9.17) is 4.74 Å². The molecule has 6 heteroatoms. The number of nitrogens with zero attached hydrogens (tertiary/aromatic N) is 1. The van der Waals surface area contributed by atoms with E-state index >= 15 is 0 Å². The number of halogens is 2. The molecule has 3 rings (SSSR count). The van der Waals surface area contributed by atoms with Gasteiger partial charge < -0.3 is 9.72 Å². The molecule has 1 aliphatic rings. The summed E-state index contributed by atoms with van der Waals surface area (Å²) in [7, 11) is 1.51. The molecule has 1 saturated carbocycles. The molecule has 0 bridgehead atoms. The number of rotatable bonds is 7. The van der Waals surface area contributed by atoms with Gasteiger partial charge in [-0.2, -0.15) is 0 Å². The molecule has 1 aromatic carbocycles. The Morgan fingerprint density at radius 1 is 1.32 bits per heavy atom. The fraction of sp³-hybridized carbons (Fsp3) is 0.579. The molecule has 0 aliphatic heterocycles. The number of H-pyrrole nitrogens is 1. The highest BCUT2D eigenvalue weighted by Crippen LogP contribution is 2.31. The van der Waals surface area contributed by atoms with E-state index in [9.17, 15) is 13.6 Å². The van der Waals surface area contributed by atoms with Gasteiger partial charge in [0, 0.05) is 6.07 Å². The van der Waals surface area contributed by atoms with Crippen molar-refractivity contribution in [2.75, 3.05) is 7.11 Å². The number of hydrogen-bond donors (Lipinski definition) is 1. The number of methoxy groups -OCH3 is 1. The lowest BCUT2D eigenvalue weighted by Crippen LogP contribution is -2.22. The molecule has 0 saturated heterocycles. The molecule has 1 heterocycles. The Morgan fingerprint density at radius 3 is 2.80 bits per heavy atom. The second kappa shape index (κ2) is 7.93. The Hall–Kier alpha value is -1.98. The summed E-state index contributed by atoms with van der Waals surface area (Å²) in [5, 5.41) is 0. The first-order valence-electron chi connectivity index (χ1n) is 8.94. The number of ether oxygens (including phenoxy) is 1. The Labute approximate surface area is 145 Å². The number of aromatic amines is 1. The molecule has 2 aromatic rings. The van der Waals surface area contributed by atoms with Crippen molar-refractivity contribution >= 4 is 11.0 Å². The van der Waals surface area contributed by atoms with Gasteiger partial charge in [-0.05, 0) is 24.5 Å². The van der Waals surface area contributed by atoms with Crippen LogP contribution in [-0.4, -0.2) is 23.2 Å². The minimum absolute atomic E-state index is 0.124. The van der Waals surface area contributed by atoms with E-state index in [-0.39, 0.29) is 12.1 Å². The zero-order chi connectivity index (χ0) is 17.8. The smallest absolute Gasteiger partial charge is 0.273 e. The van der Waals surface area contributed by atoms with Gasteiger partial charge in [0.2, 0.25) is 0 Å². The molecule has 0 spiro atoms. The summed E-state index contributed by atoms with van der Waals surface area (Å²) in [5.41, 5.74) is -0.217. The predicted molar refractivity (Wildman–Crippen MR) is 93.5 cm³/mol. The molecule has 1 aromatic heterocycles. The highest BCUT2D eigenvalue weighted by Gasteiger charge is 2.27. The Morgan fingerprint density at radius 2 is 2.08 bits per heavy atom. The van der Waals surface area contributed by atoms with Crippen molar-refractivity contribution < 1.29 is 13.5 Å². The predicted octanol–water partition coefficient (Wildman–Crippen LogP) is 4.64. The minimum atomic E-state index is -2.00. The summed E-state index contributed by atoms with van der Waals surface area (Å²) < 4.78 is 33.8. The van der Waals surface area contributed by atoms with Crippen molar-refractivity contribution in [1.29, 1.82) is 0 Å². The van der Waals surface area contributed by atoms with E-state index in [0.717, 1.165) is 6.42 Å². The lowest BCUT2D eigenvalue weighted by atomic mass is 9.98. The second-order valence-electron chi connectivity index (χ2n) is 6.83. The fourth-order valence-electron chi connectivity index (χ4n) is 3.61. The minimum Gasteiger partial charge on any atom is -0.497 e. The molecular formula is C19H24F2N2O2. The summed E-state index contributed by atoms with van der Waals surface area (Å²) >= 11 is 0. The Kier molecular flexibility index (Phi) is 5.66. The van der Waals surface area contributed by atoms with Crippen LogP contribution in [0.15, 0.2) is 23.0 Å². The van der Waals surface area contributed by atoms with Gasteiger partial charge in [0.1, 0.15) is 17.6 Å². The third-order valence-corrected chi connectivity index (χ3v) is 5.07. The highest BCUT2D eigenvalue weighted by molar-refractivity contribution is 5.75. The number of fused-ring (bicyclic) bond motifs is 1. The average Bonchev–Trinajstić information content (AvgIpc) is 3.13. The van der Waals surface area contributed by atoms with Gasteiger partial charge in [-0.15, -0.1) is 0 Å². The lowest BCUT2D eigenvalue weighted by molar-refractivity contribution is 0.150. The lowest BCUT2D eigenvalue weighted by Gasteiger charge is -2.14. The summed E-state index contributed by atoms with van der Waals surface area (Å²) in [6, 6.07) is 4.89. The van der Waals surface area contributed by atoms with Crippen molar-refractivity contribution in [2.24, 2.45) is 5.92 Å². The van der Waals surface area contributed by atoms with Gasteiger partial charge in [0.25, 0.3) is 5.56 Å². The summed E-state index contributed by atoms with van der Waals surface area (Å²) in [6.45, 7) is 0. The molecule has 2 atom stereocenters. The van der Waals surface area contributed by atoms with Crippen LogP contribution in [0.5, 0.6) is 5.75 Å². The van der Waals surface area contributed by atoms with Crippen LogP contribution in [0.1, 0.15) is 56.8 Å². The molecule has 1 fully saturated rings. The van der Waals surface area contributed by atoms with Crippen LogP contribution in [0.4, 0.5) is 8.78 Å². The topological polar surface area (TPSA) is 55.0 Å². The van der Waals surface area contributed by atoms with Crippen LogP contribution >= 0.6 is 0 Å². The number of alkyl halides is 2. The van der Waals surface area contributed by atoms with Crippen LogP contribution in [-0.2, 0) is 0 Å². The third kappa shape index (κ3) is 4.17. The monoisotopic (exact) mass is 350 g/mol. The fourth-order valence-corrected chi connectivity index (χ4v) is 3.61. The maximum Gasteiger partial charge on any atom is 0.273 e. The third-order valence-electron chi connectivity index (χ3n) is 5.07. The maximum absolute atomic E-state index is 14.5. The van der Waals surface area contributed by atoms with E-state index in [0.29, 0.717) is 29.1 Å². The van der Waals surface area contributed by atoms with Crippen LogP contribution in [0.25, 0.3) is 11.0 Å². The molecular weight excluding hydrogens is 326 g/mol. The zero-order valence-electron chi connectivity index (χ0n) is 14.4. The van der Waals surface area contributed by atoms with Gasteiger partial charge in [0.15, 0.2) is 6.17 Å². The molecule has 0 amide bonds. The SMILES string of the molecule is COc1ccc2nc(C(F)C(F)CCCC3CCCC3)c(=O)[nH]c2c1. The van der Waals surface area contributed by atoms with Crippen LogP contribution in [0, 0.1) is 5.92 Å². The van der Waals surface area contributed by atoms with E-state index in [2.05, 4.69) is 9.97 Å². The Balaban J connectivity index is 1.68. The van der Waals surface area contributed by atoms with Crippen molar-refractivity contribution in [2.45, 2.75) is 57.3 Å². The number of nitrogens with one attached hydrogen (secondary N) is 1. The largest absolute Gasteiger partial charge is 0.497 e. The zero-order valence-corrected chi connectivity index (χ0v) is 14.4. The molecule has 0 radical (unpaired) electrons. The van der Waals surface area contributed by atoms with E-state index in [1.165, 1.54) is 32.8 Å². The van der Waals surface area contributed by atoms with E-state index < -0.39 is 17.9 Å². The second-order valence-corrected chi connectivity index (χ2v) is 6.83. The number of benzene rings is 1. The van der Waals surface area contributed by atoms with Crippen molar-refractivity contribution in [3.63, 3.8) is 0 Å². The van der Waals surface area contributed by atoms with Crippen molar-refractivity contribution in [3.05, 3.63) is 34.2 Å².